The first kappa shape index (κ1) is 21.0. The van der Waals surface area contributed by atoms with Crippen molar-refractivity contribution in [1.82, 2.24) is 9.80 Å². The average Bonchev–Trinajstić information content (AvgIpc) is 2.98. The molecule has 1 aliphatic rings. The fourth-order valence-electron chi connectivity index (χ4n) is 3.32. The molecule has 1 N–H and O–H groups in total. The van der Waals surface area contributed by atoms with Gasteiger partial charge in [-0.15, -0.1) is 0 Å². The molecule has 0 bridgehead atoms. The Morgan fingerprint density at radius 1 is 1.00 bits per heavy atom. The number of hydrogen-bond donors (Lipinski definition) is 1. The second kappa shape index (κ2) is 10.2. The summed E-state index contributed by atoms with van der Waals surface area (Å²) in [5.41, 5.74) is 0.460. The predicted molar refractivity (Wildman–Crippen MR) is 111 cm³/mol. The topological polar surface area (TPSA) is 70.1 Å². The van der Waals surface area contributed by atoms with Gasteiger partial charge in [0, 0.05) is 38.2 Å². The number of phenolic OH excluding ortho intramolecular Hbond substituents is 1. The van der Waals surface area contributed by atoms with Crippen molar-refractivity contribution in [2.75, 3.05) is 32.8 Å². The van der Waals surface area contributed by atoms with E-state index in [2.05, 4.69) is 0 Å². The quantitative estimate of drug-likeness (QED) is 0.731. The number of para-hydroxylation sites is 1. The maximum Gasteiger partial charge on any atom is 0.254 e. The van der Waals surface area contributed by atoms with Gasteiger partial charge >= 0.3 is 0 Å². The molecule has 2 aromatic rings. The minimum Gasteiger partial charge on any atom is -0.508 e. The molecule has 0 atom stereocenters. The SMILES string of the molecule is O=C(CCCOc1ccccc1Cl)N1CCCN(C(=O)c2cccc(O)c2)CC1. The third kappa shape index (κ3) is 5.87. The first-order valence-corrected chi connectivity index (χ1v) is 10.2. The van der Waals surface area contributed by atoms with E-state index >= 15 is 0 Å². The number of carbonyl (C=O) groups is 2. The smallest absolute Gasteiger partial charge is 0.254 e. The van der Waals surface area contributed by atoms with Crippen molar-refractivity contribution in [2.24, 2.45) is 0 Å². The Morgan fingerprint density at radius 3 is 2.55 bits per heavy atom. The van der Waals surface area contributed by atoms with E-state index < -0.39 is 0 Å². The van der Waals surface area contributed by atoms with Gasteiger partial charge in [0.2, 0.25) is 5.91 Å². The van der Waals surface area contributed by atoms with Crippen LogP contribution in [0.5, 0.6) is 11.5 Å². The van der Waals surface area contributed by atoms with Crippen molar-refractivity contribution in [2.45, 2.75) is 19.3 Å². The Morgan fingerprint density at radius 2 is 1.76 bits per heavy atom. The number of halogens is 1. The number of rotatable bonds is 6. The van der Waals surface area contributed by atoms with Gasteiger partial charge in [-0.2, -0.15) is 0 Å². The maximum atomic E-state index is 12.6. The lowest BCUT2D eigenvalue weighted by atomic mass is 10.2. The van der Waals surface area contributed by atoms with Crippen LogP contribution >= 0.6 is 11.6 Å². The van der Waals surface area contributed by atoms with Crippen molar-refractivity contribution in [3.8, 4) is 11.5 Å². The van der Waals surface area contributed by atoms with Crippen LogP contribution < -0.4 is 4.74 Å². The molecule has 0 unspecified atom stereocenters. The summed E-state index contributed by atoms with van der Waals surface area (Å²) < 4.78 is 5.63. The van der Waals surface area contributed by atoms with Gasteiger partial charge in [-0.1, -0.05) is 29.8 Å². The van der Waals surface area contributed by atoms with Crippen LogP contribution in [0.25, 0.3) is 0 Å². The summed E-state index contributed by atoms with van der Waals surface area (Å²) in [6, 6.07) is 13.6. The third-order valence-electron chi connectivity index (χ3n) is 4.86. The second-order valence-electron chi connectivity index (χ2n) is 6.96. The van der Waals surface area contributed by atoms with E-state index in [1.807, 2.05) is 17.0 Å². The van der Waals surface area contributed by atoms with E-state index in [9.17, 15) is 14.7 Å². The molecule has 0 aromatic heterocycles. The fourth-order valence-corrected chi connectivity index (χ4v) is 3.51. The first-order chi connectivity index (χ1) is 14.0. The molecule has 1 aliphatic heterocycles. The molecule has 1 saturated heterocycles. The predicted octanol–water partition coefficient (Wildman–Crippen LogP) is 3.58. The number of carbonyl (C=O) groups excluding carboxylic acids is 2. The normalized spacial score (nSPS) is 14.4. The molecule has 29 heavy (non-hydrogen) atoms. The average molecular weight is 417 g/mol. The summed E-state index contributed by atoms with van der Waals surface area (Å²) in [4.78, 5) is 28.7. The Bertz CT molecular complexity index is 858. The van der Waals surface area contributed by atoms with E-state index in [1.54, 1.807) is 29.2 Å². The molecular weight excluding hydrogens is 392 g/mol. The number of ether oxygens (including phenoxy) is 1. The maximum absolute atomic E-state index is 12.6. The molecule has 7 heteroatoms. The molecule has 154 valence electrons. The Balaban J connectivity index is 1.44. The van der Waals surface area contributed by atoms with Crippen LogP contribution in [0.3, 0.4) is 0 Å². The molecule has 0 spiro atoms. The molecule has 0 radical (unpaired) electrons. The van der Waals surface area contributed by atoms with Crippen molar-refractivity contribution in [3.05, 3.63) is 59.1 Å². The highest BCUT2D eigenvalue weighted by molar-refractivity contribution is 6.32. The number of amides is 2. The molecule has 1 fully saturated rings. The van der Waals surface area contributed by atoms with Gasteiger partial charge in [-0.3, -0.25) is 9.59 Å². The molecular formula is C22H25ClN2O4. The van der Waals surface area contributed by atoms with E-state index in [1.165, 1.54) is 12.1 Å². The van der Waals surface area contributed by atoms with Gasteiger partial charge in [0.25, 0.3) is 5.91 Å². The summed E-state index contributed by atoms with van der Waals surface area (Å²) in [5, 5.41) is 10.1. The minimum atomic E-state index is -0.122. The number of aromatic hydroxyl groups is 1. The Hall–Kier alpha value is -2.73. The summed E-state index contributed by atoms with van der Waals surface area (Å²) in [6.45, 7) is 2.64. The van der Waals surface area contributed by atoms with Gasteiger partial charge in [0.1, 0.15) is 11.5 Å². The summed E-state index contributed by atoms with van der Waals surface area (Å²) in [6.07, 6.45) is 1.73. The largest absolute Gasteiger partial charge is 0.508 e. The Kier molecular flexibility index (Phi) is 7.36. The summed E-state index contributed by atoms with van der Waals surface area (Å²) >= 11 is 6.05. The van der Waals surface area contributed by atoms with E-state index in [4.69, 9.17) is 16.3 Å². The zero-order valence-electron chi connectivity index (χ0n) is 16.2. The lowest BCUT2D eigenvalue weighted by molar-refractivity contribution is -0.131. The highest BCUT2D eigenvalue weighted by Gasteiger charge is 2.22. The van der Waals surface area contributed by atoms with Crippen LogP contribution in [0.1, 0.15) is 29.6 Å². The van der Waals surface area contributed by atoms with Crippen LogP contribution in [0, 0.1) is 0 Å². The van der Waals surface area contributed by atoms with Gasteiger partial charge in [-0.05, 0) is 43.2 Å². The number of hydrogen-bond acceptors (Lipinski definition) is 4. The van der Waals surface area contributed by atoms with Crippen LogP contribution in [-0.4, -0.2) is 59.5 Å². The van der Waals surface area contributed by atoms with Crippen LogP contribution in [-0.2, 0) is 4.79 Å². The molecule has 2 aromatic carbocycles. The lowest BCUT2D eigenvalue weighted by Crippen LogP contribution is -2.37. The first-order valence-electron chi connectivity index (χ1n) is 9.78. The van der Waals surface area contributed by atoms with Crippen molar-refractivity contribution < 1.29 is 19.4 Å². The van der Waals surface area contributed by atoms with Gasteiger partial charge in [0.05, 0.1) is 11.6 Å². The molecule has 1 heterocycles. The zero-order valence-corrected chi connectivity index (χ0v) is 17.0. The van der Waals surface area contributed by atoms with Crippen molar-refractivity contribution >= 4 is 23.4 Å². The van der Waals surface area contributed by atoms with E-state index in [-0.39, 0.29) is 17.6 Å². The second-order valence-corrected chi connectivity index (χ2v) is 7.37. The highest BCUT2D eigenvalue weighted by atomic mass is 35.5. The standard InChI is InChI=1S/C22H25ClN2O4/c23-19-8-1-2-9-20(19)29-15-4-10-21(27)24-11-5-12-25(14-13-24)22(28)17-6-3-7-18(26)16-17/h1-3,6-9,16,26H,4-5,10-15H2. The Labute approximate surface area is 175 Å². The number of nitrogens with zero attached hydrogens (tertiary/aromatic N) is 2. The van der Waals surface area contributed by atoms with Crippen LogP contribution in [0.15, 0.2) is 48.5 Å². The van der Waals surface area contributed by atoms with Gasteiger partial charge in [-0.25, -0.2) is 0 Å². The van der Waals surface area contributed by atoms with Crippen molar-refractivity contribution in [1.29, 1.82) is 0 Å². The highest BCUT2D eigenvalue weighted by Crippen LogP contribution is 2.23. The van der Waals surface area contributed by atoms with E-state index in [0.29, 0.717) is 62.0 Å². The number of benzene rings is 2. The van der Waals surface area contributed by atoms with Gasteiger partial charge in [0.15, 0.2) is 0 Å². The zero-order chi connectivity index (χ0) is 20.6. The third-order valence-corrected chi connectivity index (χ3v) is 5.17. The molecule has 3 rings (SSSR count). The molecule has 0 aliphatic carbocycles. The molecule has 2 amide bonds. The number of phenols is 1. The van der Waals surface area contributed by atoms with Crippen LogP contribution in [0.4, 0.5) is 0 Å². The molecule has 6 nitrogen and oxygen atoms in total. The fraction of sp³-hybridized carbons (Fsp3) is 0.364. The van der Waals surface area contributed by atoms with E-state index in [0.717, 1.165) is 6.42 Å². The van der Waals surface area contributed by atoms with Crippen LogP contribution in [0.2, 0.25) is 5.02 Å². The summed E-state index contributed by atoms with van der Waals surface area (Å²) in [7, 11) is 0. The minimum absolute atomic E-state index is 0.0689. The van der Waals surface area contributed by atoms with Gasteiger partial charge < -0.3 is 19.6 Å². The lowest BCUT2D eigenvalue weighted by Gasteiger charge is -2.22. The summed E-state index contributed by atoms with van der Waals surface area (Å²) in [5.74, 6) is 0.640. The van der Waals surface area contributed by atoms with Crippen molar-refractivity contribution in [3.63, 3.8) is 0 Å². The monoisotopic (exact) mass is 416 g/mol. The molecule has 0 saturated carbocycles.